The zero-order valence-electron chi connectivity index (χ0n) is 30.0. The SMILES string of the molecule is CCCCCCCCCCCCCCCC(=O)C(COS(C)(=O)=O)C(=O)CCCCCCCCCCCCCCC.NCCO. The molecule has 0 amide bonds. The molecule has 0 aliphatic rings. The first-order valence-corrected chi connectivity index (χ1v) is 20.8. The molecule has 0 aromatic heterocycles. The van der Waals surface area contributed by atoms with E-state index in [0.717, 1.165) is 44.8 Å². The smallest absolute Gasteiger partial charge is 0.264 e. The van der Waals surface area contributed by atoms with Crippen molar-refractivity contribution in [2.45, 2.75) is 194 Å². The van der Waals surface area contributed by atoms with Crippen molar-refractivity contribution in [1.82, 2.24) is 0 Å². The predicted octanol–water partition coefficient (Wildman–Crippen LogP) is 9.62. The van der Waals surface area contributed by atoms with Crippen LogP contribution < -0.4 is 5.73 Å². The third-order valence-electron chi connectivity index (χ3n) is 8.41. The maximum absolute atomic E-state index is 12.8. The lowest BCUT2D eigenvalue weighted by Gasteiger charge is -2.14. The molecule has 8 heteroatoms. The van der Waals surface area contributed by atoms with E-state index in [-0.39, 0.29) is 24.8 Å². The van der Waals surface area contributed by atoms with Gasteiger partial charge in [0, 0.05) is 19.4 Å². The van der Waals surface area contributed by atoms with Crippen molar-refractivity contribution in [3.8, 4) is 0 Å². The Morgan fingerprint density at radius 2 is 0.800 bits per heavy atom. The maximum atomic E-state index is 12.8. The summed E-state index contributed by atoms with van der Waals surface area (Å²) in [6.45, 7) is 4.64. The van der Waals surface area contributed by atoms with Crippen LogP contribution in [0.2, 0.25) is 0 Å². The number of Topliss-reactive ketones (excluding diaryl/α,β-unsaturated/α-hetero) is 2. The standard InChI is InChI=1S/C35H68O5S.C2H7NO/c1-4-6-8-10-12-14-16-18-20-22-24-26-28-30-34(36)33(32-40-41(3,38)39)35(37)31-29-27-25-23-21-19-17-15-13-11-9-7-5-2;3-1-2-4/h33H,4-32H2,1-3H3;4H,1-3H2. The van der Waals surface area contributed by atoms with Gasteiger partial charge in [-0.1, -0.05) is 168 Å². The van der Waals surface area contributed by atoms with Gasteiger partial charge in [0.15, 0.2) is 0 Å². The predicted molar refractivity (Wildman–Crippen MR) is 191 cm³/mol. The van der Waals surface area contributed by atoms with E-state index in [1.807, 2.05) is 0 Å². The first kappa shape index (κ1) is 46.3. The second-order valence-corrected chi connectivity index (χ2v) is 14.6. The normalized spacial score (nSPS) is 11.5. The molecular formula is C37H75NO6S. The van der Waals surface area contributed by atoms with Crippen LogP contribution in [0.15, 0.2) is 0 Å². The molecule has 270 valence electrons. The zero-order chi connectivity index (χ0) is 33.9. The summed E-state index contributed by atoms with van der Waals surface area (Å²) in [5.41, 5.74) is 4.78. The topological polar surface area (TPSA) is 124 Å². The molecule has 0 aromatic carbocycles. The van der Waals surface area contributed by atoms with E-state index in [9.17, 15) is 18.0 Å². The van der Waals surface area contributed by atoms with Gasteiger partial charge in [-0.25, -0.2) is 0 Å². The minimum Gasteiger partial charge on any atom is -0.395 e. The Kier molecular flexibility index (Phi) is 37.0. The number of carbonyl (C=O) groups is 2. The van der Waals surface area contributed by atoms with Crippen LogP contribution in [0, 0.1) is 5.92 Å². The quantitative estimate of drug-likeness (QED) is 0.0400. The summed E-state index contributed by atoms with van der Waals surface area (Å²) in [6.07, 6.45) is 33.8. The number of hydrogen-bond acceptors (Lipinski definition) is 7. The Hall–Kier alpha value is -0.830. The summed E-state index contributed by atoms with van der Waals surface area (Å²) >= 11 is 0. The van der Waals surface area contributed by atoms with E-state index >= 15 is 0 Å². The molecular weight excluding hydrogens is 586 g/mol. The van der Waals surface area contributed by atoms with Gasteiger partial charge in [-0.3, -0.25) is 13.8 Å². The number of hydrogen-bond donors (Lipinski definition) is 2. The summed E-state index contributed by atoms with van der Waals surface area (Å²) in [5.74, 6) is -1.26. The van der Waals surface area contributed by atoms with Crippen molar-refractivity contribution >= 4 is 21.7 Å². The number of aliphatic hydroxyl groups is 1. The number of ketones is 2. The van der Waals surface area contributed by atoms with Crippen molar-refractivity contribution < 1.29 is 27.3 Å². The van der Waals surface area contributed by atoms with Crippen LogP contribution in [0.25, 0.3) is 0 Å². The first-order chi connectivity index (χ1) is 21.7. The minimum atomic E-state index is -3.69. The van der Waals surface area contributed by atoms with Gasteiger partial charge in [0.2, 0.25) is 0 Å². The Balaban J connectivity index is 0. The zero-order valence-corrected chi connectivity index (χ0v) is 30.8. The van der Waals surface area contributed by atoms with Gasteiger partial charge in [0.25, 0.3) is 10.1 Å². The van der Waals surface area contributed by atoms with Crippen LogP contribution in [-0.4, -0.2) is 51.1 Å². The van der Waals surface area contributed by atoms with Crippen LogP contribution >= 0.6 is 0 Å². The molecule has 0 radical (unpaired) electrons. The van der Waals surface area contributed by atoms with Gasteiger partial charge in [-0.2, -0.15) is 8.42 Å². The van der Waals surface area contributed by atoms with Crippen LogP contribution in [0.3, 0.4) is 0 Å². The van der Waals surface area contributed by atoms with Crippen molar-refractivity contribution in [2.24, 2.45) is 11.7 Å². The summed E-state index contributed by atoms with van der Waals surface area (Å²) in [4.78, 5) is 25.7. The number of unbranched alkanes of at least 4 members (excludes halogenated alkanes) is 24. The molecule has 7 nitrogen and oxygen atoms in total. The summed E-state index contributed by atoms with van der Waals surface area (Å²) < 4.78 is 27.9. The van der Waals surface area contributed by atoms with E-state index in [4.69, 9.17) is 15.0 Å². The molecule has 0 heterocycles. The van der Waals surface area contributed by atoms with Gasteiger partial charge in [0.1, 0.15) is 17.5 Å². The molecule has 0 rings (SSSR count). The molecule has 0 bridgehead atoms. The van der Waals surface area contributed by atoms with E-state index in [1.165, 1.54) is 128 Å². The molecule has 0 atom stereocenters. The van der Waals surface area contributed by atoms with Gasteiger partial charge >= 0.3 is 0 Å². The fourth-order valence-corrected chi connectivity index (χ4v) is 5.92. The molecule has 0 aliphatic heterocycles. The number of nitrogens with two attached hydrogens (primary N) is 1. The molecule has 0 aliphatic carbocycles. The average Bonchev–Trinajstić information content (AvgIpc) is 3.01. The fourth-order valence-electron chi connectivity index (χ4n) is 5.54. The van der Waals surface area contributed by atoms with Gasteiger partial charge < -0.3 is 10.8 Å². The molecule has 0 spiro atoms. The molecule has 3 N–H and O–H groups in total. The van der Waals surface area contributed by atoms with Crippen LogP contribution in [0.1, 0.15) is 194 Å². The second kappa shape index (κ2) is 36.0. The highest BCUT2D eigenvalue weighted by Crippen LogP contribution is 2.18. The van der Waals surface area contributed by atoms with Gasteiger partial charge in [0.05, 0.1) is 19.5 Å². The molecule has 45 heavy (non-hydrogen) atoms. The number of carbonyl (C=O) groups excluding carboxylic acids is 2. The highest BCUT2D eigenvalue weighted by Gasteiger charge is 2.27. The maximum Gasteiger partial charge on any atom is 0.264 e. The van der Waals surface area contributed by atoms with E-state index in [1.54, 1.807) is 0 Å². The lowest BCUT2D eigenvalue weighted by molar-refractivity contribution is -0.134. The molecule has 0 fully saturated rings. The molecule has 0 unspecified atom stereocenters. The molecule has 0 saturated heterocycles. The largest absolute Gasteiger partial charge is 0.395 e. The summed E-state index contributed by atoms with van der Waals surface area (Å²) in [7, 11) is -3.69. The van der Waals surface area contributed by atoms with E-state index in [2.05, 4.69) is 13.8 Å². The molecule has 0 saturated carbocycles. The van der Waals surface area contributed by atoms with Crippen molar-refractivity contribution in [2.75, 3.05) is 26.0 Å². The Bertz CT molecular complexity index is 699. The average molecular weight is 662 g/mol. The van der Waals surface area contributed by atoms with E-state index in [0.29, 0.717) is 19.4 Å². The minimum absolute atomic E-state index is 0.0972. The summed E-state index contributed by atoms with van der Waals surface area (Å²) in [6, 6.07) is 0. The highest BCUT2D eigenvalue weighted by molar-refractivity contribution is 7.85. The van der Waals surface area contributed by atoms with Gasteiger partial charge in [-0.05, 0) is 12.8 Å². The third kappa shape index (κ3) is 37.5. The lowest BCUT2D eigenvalue weighted by atomic mass is 9.92. The van der Waals surface area contributed by atoms with Crippen LogP contribution in [0.5, 0.6) is 0 Å². The van der Waals surface area contributed by atoms with E-state index < -0.39 is 16.0 Å². The van der Waals surface area contributed by atoms with Crippen molar-refractivity contribution in [1.29, 1.82) is 0 Å². The fraction of sp³-hybridized carbons (Fsp3) is 0.946. The summed E-state index contributed by atoms with van der Waals surface area (Å²) in [5, 5.41) is 7.75. The van der Waals surface area contributed by atoms with Crippen LogP contribution in [-0.2, 0) is 23.9 Å². The van der Waals surface area contributed by atoms with Crippen molar-refractivity contribution in [3.05, 3.63) is 0 Å². The highest BCUT2D eigenvalue weighted by atomic mass is 32.2. The molecule has 0 aromatic rings. The van der Waals surface area contributed by atoms with Crippen molar-refractivity contribution in [3.63, 3.8) is 0 Å². The Labute approximate surface area is 279 Å². The first-order valence-electron chi connectivity index (χ1n) is 18.9. The van der Waals surface area contributed by atoms with Crippen LogP contribution in [0.4, 0.5) is 0 Å². The monoisotopic (exact) mass is 662 g/mol. The van der Waals surface area contributed by atoms with Gasteiger partial charge in [-0.15, -0.1) is 0 Å². The Morgan fingerprint density at radius 3 is 1.02 bits per heavy atom. The number of rotatable bonds is 34. The Morgan fingerprint density at radius 1 is 0.556 bits per heavy atom. The third-order valence-corrected chi connectivity index (χ3v) is 8.97. The lowest BCUT2D eigenvalue weighted by Crippen LogP contribution is -2.29. The second-order valence-electron chi connectivity index (χ2n) is 13.0. The number of aliphatic hydroxyl groups excluding tert-OH is 1.